The lowest BCUT2D eigenvalue weighted by Crippen LogP contribution is -2.47. The van der Waals surface area contributed by atoms with Gasteiger partial charge in [-0.2, -0.15) is 0 Å². The van der Waals surface area contributed by atoms with Crippen LogP contribution in [0.2, 0.25) is 0 Å². The summed E-state index contributed by atoms with van der Waals surface area (Å²) in [4.78, 5) is 26.7. The Morgan fingerprint density at radius 3 is 2.72 bits per heavy atom. The average molecular weight is 431 g/mol. The maximum Gasteiger partial charge on any atom is 0.227 e. The van der Waals surface area contributed by atoms with Crippen LogP contribution < -0.4 is 16.0 Å². The van der Waals surface area contributed by atoms with Gasteiger partial charge < -0.3 is 16.0 Å². The zero-order valence-corrected chi connectivity index (χ0v) is 16.5. The fraction of sp³-hybridized carbons (Fsp3) is 0.556. The van der Waals surface area contributed by atoms with Gasteiger partial charge in [-0.3, -0.25) is 9.59 Å². The van der Waals surface area contributed by atoms with E-state index in [1.54, 1.807) is 4.90 Å². The number of hydrogen-bond acceptors (Lipinski definition) is 3. The SMILES string of the molecule is Cl.NCC1CCCCC1NC(=O)C1CC(=O)N(c2ccccc2Br)C1. The second-order valence-corrected chi connectivity index (χ2v) is 7.61. The zero-order valence-electron chi connectivity index (χ0n) is 14.1. The molecular weight excluding hydrogens is 406 g/mol. The molecule has 25 heavy (non-hydrogen) atoms. The number of nitrogens with two attached hydrogens (primary N) is 1. The predicted octanol–water partition coefficient (Wildman–Crippen LogP) is 2.86. The van der Waals surface area contributed by atoms with Crippen LogP contribution in [-0.2, 0) is 9.59 Å². The van der Waals surface area contributed by atoms with Crippen molar-refractivity contribution in [3.8, 4) is 0 Å². The van der Waals surface area contributed by atoms with Crippen molar-refractivity contribution in [3.05, 3.63) is 28.7 Å². The minimum absolute atomic E-state index is 0. The largest absolute Gasteiger partial charge is 0.353 e. The summed E-state index contributed by atoms with van der Waals surface area (Å²) in [7, 11) is 0. The fourth-order valence-corrected chi connectivity index (χ4v) is 4.27. The van der Waals surface area contributed by atoms with Crippen LogP contribution in [0, 0.1) is 11.8 Å². The van der Waals surface area contributed by atoms with Crippen LogP contribution in [0.15, 0.2) is 28.7 Å². The molecular formula is C18H25BrClN3O2. The van der Waals surface area contributed by atoms with Crippen molar-refractivity contribution in [1.82, 2.24) is 5.32 Å². The molecule has 1 heterocycles. The van der Waals surface area contributed by atoms with Crippen molar-refractivity contribution in [1.29, 1.82) is 0 Å². The van der Waals surface area contributed by atoms with Gasteiger partial charge in [0.25, 0.3) is 0 Å². The zero-order chi connectivity index (χ0) is 17.1. The van der Waals surface area contributed by atoms with E-state index in [-0.39, 0.29) is 42.6 Å². The van der Waals surface area contributed by atoms with Crippen LogP contribution in [0.3, 0.4) is 0 Å². The summed E-state index contributed by atoms with van der Waals surface area (Å²) in [6.45, 7) is 1.05. The van der Waals surface area contributed by atoms with Crippen molar-refractivity contribution >= 4 is 45.8 Å². The molecule has 2 amide bonds. The maximum absolute atomic E-state index is 12.6. The van der Waals surface area contributed by atoms with E-state index < -0.39 is 0 Å². The summed E-state index contributed by atoms with van der Waals surface area (Å²) in [5.41, 5.74) is 6.67. The van der Waals surface area contributed by atoms with Gasteiger partial charge in [0, 0.05) is 23.5 Å². The summed E-state index contributed by atoms with van der Waals surface area (Å²) in [6.07, 6.45) is 4.66. The number of anilines is 1. The van der Waals surface area contributed by atoms with E-state index >= 15 is 0 Å². The normalized spacial score (nSPS) is 26.2. The molecule has 0 radical (unpaired) electrons. The first-order valence-electron chi connectivity index (χ1n) is 8.65. The van der Waals surface area contributed by atoms with Gasteiger partial charge in [0.2, 0.25) is 11.8 Å². The Labute approximate surface area is 163 Å². The van der Waals surface area contributed by atoms with Gasteiger partial charge >= 0.3 is 0 Å². The monoisotopic (exact) mass is 429 g/mol. The number of halogens is 2. The molecule has 1 aromatic rings. The van der Waals surface area contributed by atoms with Gasteiger partial charge in [-0.1, -0.05) is 25.0 Å². The number of nitrogens with zero attached hydrogens (tertiary/aromatic N) is 1. The molecule has 138 valence electrons. The highest BCUT2D eigenvalue weighted by atomic mass is 79.9. The Morgan fingerprint density at radius 2 is 2.00 bits per heavy atom. The van der Waals surface area contributed by atoms with E-state index in [4.69, 9.17) is 5.73 Å². The molecule has 3 unspecified atom stereocenters. The molecule has 5 nitrogen and oxygen atoms in total. The first kappa shape index (κ1) is 20.2. The fourth-order valence-electron chi connectivity index (χ4n) is 3.77. The van der Waals surface area contributed by atoms with E-state index in [0.717, 1.165) is 29.4 Å². The van der Waals surface area contributed by atoms with Gasteiger partial charge in [-0.25, -0.2) is 0 Å². The lowest BCUT2D eigenvalue weighted by Gasteiger charge is -2.32. The second-order valence-electron chi connectivity index (χ2n) is 6.75. The van der Waals surface area contributed by atoms with Crippen molar-refractivity contribution in [3.63, 3.8) is 0 Å². The number of nitrogens with one attached hydrogen (secondary N) is 1. The van der Waals surface area contributed by atoms with E-state index in [0.29, 0.717) is 19.0 Å². The first-order valence-corrected chi connectivity index (χ1v) is 9.44. The third-order valence-electron chi connectivity index (χ3n) is 5.18. The van der Waals surface area contributed by atoms with Crippen LogP contribution in [0.5, 0.6) is 0 Å². The summed E-state index contributed by atoms with van der Waals surface area (Å²) in [6, 6.07) is 7.77. The molecule has 7 heteroatoms. The summed E-state index contributed by atoms with van der Waals surface area (Å²) in [5.74, 6) is 0.0634. The molecule has 1 aliphatic carbocycles. The van der Waals surface area contributed by atoms with E-state index in [1.807, 2.05) is 24.3 Å². The standard InChI is InChI=1S/C18H24BrN3O2.ClH/c19-14-6-2-4-8-16(14)22-11-13(9-17(22)23)18(24)21-15-7-3-1-5-12(15)10-20;/h2,4,6,8,12-13,15H,1,3,5,7,9-11,20H2,(H,21,24);1H. The Morgan fingerprint density at radius 1 is 1.28 bits per heavy atom. The Hall–Kier alpha value is -1.11. The van der Waals surface area contributed by atoms with Gasteiger partial charge in [-0.05, 0) is 53.4 Å². The third kappa shape index (κ3) is 4.54. The number of para-hydroxylation sites is 1. The van der Waals surface area contributed by atoms with Crippen molar-refractivity contribution in [2.45, 2.75) is 38.1 Å². The Bertz CT molecular complexity index is 628. The van der Waals surface area contributed by atoms with Crippen LogP contribution in [-0.4, -0.2) is 30.9 Å². The van der Waals surface area contributed by atoms with Crippen molar-refractivity contribution < 1.29 is 9.59 Å². The topological polar surface area (TPSA) is 75.4 Å². The molecule has 0 aromatic heterocycles. The highest BCUT2D eigenvalue weighted by Gasteiger charge is 2.37. The minimum atomic E-state index is -0.287. The lowest BCUT2D eigenvalue weighted by atomic mass is 9.84. The molecule has 3 atom stereocenters. The summed E-state index contributed by atoms with van der Waals surface area (Å²) in [5, 5.41) is 3.16. The molecule has 1 saturated heterocycles. The number of carbonyl (C=O) groups is 2. The van der Waals surface area contributed by atoms with Crippen LogP contribution in [0.1, 0.15) is 32.1 Å². The quantitative estimate of drug-likeness (QED) is 0.771. The molecule has 3 N–H and O–H groups in total. The lowest BCUT2D eigenvalue weighted by molar-refractivity contribution is -0.127. The first-order chi connectivity index (χ1) is 11.6. The summed E-state index contributed by atoms with van der Waals surface area (Å²) < 4.78 is 0.870. The minimum Gasteiger partial charge on any atom is -0.353 e. The molecule has 1 aromatic carbocycles. The summed E-state index contributed by atoms with van der Waals surface area (Å²) >= 11 is 3.48. The molecule has 0 bridgehead atoms. The molecule has 3 rings (SSSR count). The molecule has 1 saturated carbocycles. The number of hydrogen-bond donors (Lipinski definition) is 2. The smallest absolute Gasteiger partial charge is 0.227 e. The average Bonchev–Trinajstić information content (AvgIpc) is 2.97. The maximum atomic E-state index is 12.6. The number of rotatable bonds is 4. The number of benzene rings is 1. The third-order valence-corrected chi connectivity index (χ3v) is 5.85. The molecule has 0 spiro atoms. The van der Waals surface area contributed by atoms with Gasteiger partial charge in [0.1, 0.15) is 0 Å². The number of amides is 2. The molecule has 1 aliphatic heterocycles. The molecule has 2 fully saturated rings. The highest BCUT2D eigenvalue weighted by Crippen LogP contribution is 2.32. The van der Waals surface area contributed by atoms with Crippen molar-refractivity contribution in [2.75, 3.05) is 18.0 Å². The van der Waals surface area contributed by atoms with Gasteiger partial charge in [-0.15, -0.1) is 12.4 Å². The number of carbonyl (C=O) groups excluding carboxylic acids is 2. The Kier molecular flexibility index (Phi) is 7.28. The van der Waals surface area contributed by atoms with Crippen LogP contribution in [0.25, 0.3) is 0 Å². The van der Waals surface area contributed by atoms with Crippen LogP contribution >= 0.6 is 28.3 Å². The highest BCUT2D eigenvalue weighted by molar-refractivity contribution is 9.10. The second kappa shape index (κ2) is 9.01. The van der Waals surface area contributed by atoms with Gasteiger partial charge in [0.05, 0.1) is 11.6 Å². The molecule has 2 aliphatic rings. The van der Waals surface area contributed by atoms with E-state index in [9.17, 15) is 9.59 Å². The van der Waals surface area contributed by atoms with E-state index in [2.05, 4.69) is 21.2 Å². The van der Waals surface area contributed by atoms with Crippen LogP contribution in [0.4, 0.5) is 5.69 Å². The Balaban J connectivity index is 0.00000225. The van der Waals surface area contributed by atoms with Gasteiger partial charge in [0.15, 0.2) is 0 Å². The predicted molar refractivity (Wildman–Crippen MR) is 105 cm³/mol. The van der Waals surface area contributed by atoms with Crippen molar-refractivity contribution in [2.24, 2.45) is 17.6 Å². The van der Waals surface area contributed by atoms with E-state index in [1.165, 1.54) is 6.42 Å².